The van der Waals surface area contributed by atoms with Crippen LogP contribution in [0.5, 0.6) is 0 Å². The number of hydrogen-bond acceptors (Lipinski definition) is 4. The van der Waals surface area contributed by atoms with Crippen molar-refractivity contribution in [3.63, 3.8) is 0 Å². The van der Waals surface area contributed by atoms with Crippen LogP contribution in [-0.2, 0) is 15.4 Å². The van der Waals surface area contributed by atoms with Crippen LogP contribution in [0.25, 0.3) is 27.6 Å². The average Bonchev–Trinajstić information content (AvgIpc) is 2.71. The van der Waals surface area contributed by atoms with E-state index in [1.54, 1.807) is 12.1 Å². The Labute approximate surface area is 191 Å². The van der Waals surface area contributed by atoms with E-state index in [1.165, 1.54) is 12.3 Å². The number of aromatic amines is 1. The molecule has 0 aliphatic rings. The number of benzene rings is 3. The van der Waals surface area contributed by atoms with Gasteiger partial charge >= 0.3 is 5.69 Å². The molecule has 3 aromatic carbocycles. The van der Waals surface area contributed by atoms with Gasteiger partial charge in [0.2, 0.25) is 10.0 Å². The standard InChI is InChI=1S/C25H25N3O4S/c1-25(2,3)20-12-19(14-22(15-20)28-23(29)9-10-26-24(28)30)17-5-6-18-13-21(27-33(4,31)32)8-7-16(18)11-17/h5-15,27H,1-4H3,(H,26,30). The Hall–Kier alpha value is -3.65. The van der Waals surface area contributed by atoms with E-state index in [-0.39, 0.29) is 5.41 Å². The van der Waals surface area contributed by atoms with Gasteiger partial charge in [-0.3, -0.25) is 9.52 Å². The summed E-state index contributed by atoms with van der Waals surface area (Å²) in [6, 6.07) is 18.3. The maximum atomic E-state index is 12.4. The molecule has 1 heterocycles. The van der Waals surface area contributed by atoms with Crippen molar-refractivity contribution >= 4 is 26.5 Å². The van der Waals surface area contributed by atoms with E-state index in [4.69, 9.17) is 0 Å². The van der Waals surface area contributed by atoms with Gasteiger partial charge in [0.1, 0.15) is 0 Å². The fourth-order valence-corrected chi connectivity index (χ4v) is 4.27. The summed E-state index contributed by atoms with van der Waals surface area (Å²) < 4.78 is 26.7. The third-order valence-corrected chi connectivity index (χ3v) is 5.98. The van der Waals surface area contributed by atoms with Gasteiger partial charge in [-0.15, -0.1) is 0 Å². The number of nitrogens with one attached hydrogen (secondary N) is 2. The van der Waals surface area contributed by atoms with Gasteiger partial charge in [0, 0.05) is 18.0 Å². The third kappa shape index (κ3) is 4.90. The summed E-state index contributed by atoms with van der Waals surface area (Å²) in [5, 5.41) is 1.82. The minimum absolute atomic E-state index is 0.209. The van der Waals surface area contributed by atoms with Crippen LogP contribution in [0.4, 0.5) is 5.69 Å². The Morgan fingerprint density at radius 2 is 1.55 bits per heavy atom. The first-order valence-corrected chi connectivity index (χ1v) is 12.3. The zero-order valence-electron chi connectivity index (χ0n) is 18.8. The molecule has 33 heavy (non-hydrogen) atoms. The van der Waals surface area contributed by atoms with E-state index in [0.717, 1.165) is 38.3 Å². The Kier molecular flexibility index (Phi) is 5.49. The lowest BCUT2D eigenvalue weighted by atomic mass is 9.84. The fraction of sp³-hybridized carbons (Fsp3) is 0.200. The lowest BCUT2D eigenvalue weighted by Crippen LogP contribution is -2.32. The summed E-state index contributed by atoms with van der Waals surface area (Å²) in [5.74, 6) is 0. The maximum Gasteiger partial charge on any atom is 0.332 e. The first kappa shape index (κ1) is 22.5. The van der Waals surface area contributed by atoms with Crippen LogP contribution >= 0.6 is 0 Å². The fourth-order valence-electron chi connectivity index (χ4n) is 3.71. The number of rotatable bonds is 4. The molecule has 0 bridgehead atoms. The lowest BCUT2D eigenvalue weighted by Gasteiger charge is -2.22. The van der Waals surface area contributed by atoms with Crippen LogP contribution in [-0.4, -0.2) is 24.2 Å². The average molecular weight is 464 g/mol. The molecule has 0 amide bonds. The van der Waals surface area contributed by atoms with Gasteiger partial charge in [0.15, 0.2) is 0 Å². The molecule has 1 aromatic heterocycles. The number of sulfonamides is 1. The van der Waals surface area contributed by atoms with Gasteiger partial charge in [0.05, 0.1) is 11.9 Å². The molecule has 0 saturated heterocycles. The van der Waals surface area contributed by atoms with Crippen molar-refractivity contribution < 1.29 is 8.42 Å². The first-order valence-electron chi connectivity index (χ1n) is 10.4. The Bertz CT molecular complexity index is 1560. The summed E-state index contributed by atoms with van der Waals surface area (Å²) in [6.45, 7) is 6.22. The summed E-state index contributed by atoms with van der Waals surface area (Å²) >= 11 is 0. The summed E-state index contributed by atoms with van der Waals surface area (Å²) in [6.07, 6.45) is 2.45. The van der Waals surface area contributed by atoms with Gasteiger partial charge in [-0.1, -0.05) is 45.0 Å². The van der Waals surface area contributed by atoms with E-state index >= 15 is 0 Å². The molecule has 0 unspecified atom stereocenters. The van der Waals surface area contributed by atoms with Crippen molar-refractivity contribution in [2.45, 2.75) is 26.2 Å². The Morgan fingerprint density at radius 1 is 0.848 bits per heavy atom. The number of anilines is 1. The van der Waals surface area contributed by atoms with Crippen LogP contribution in [0.3, 0.4) is 0 Å². The highest BCUT2D eigenvalue weighted by molar-refractivity contribution is 7.92. The number of fused-ring (bicyclic) bond motifs is 1. The van der Waals surface area contributed by atoms with Crippen LogP contribution < -0.4 is 16.0 Å². The number of nitrogens with zero attached hydrogens (tertiary/aromatic N) is 1. The summed E-state index contributed by atoms with van der Waals surface area (Å²) in [5.41, 5.74) is 2.65. The highest BCUT2D eigenvalue weighted by Gasteiger charge is 2.18. The SMILES string of the molecule is CC(C)(C)c1cc(-c2ccc3cc(NS(C)(=O)=O)ccc3c2)cc(-n2c(=O)cc[nH]c2=O)c1. The van der Waals surface area contributed by atoms with E-state index in [2.05, 4.69) is 36.5 Å². The van der Waals surface area contributed by atoms with Gasteiger partial charge < -0.3 is 4.98 Å². The molecule has 0 aliphatic carbocycles. The van der Waals surface area contributed by atoms with Gasteiger partial charge in [0.25, 0.3) is 5.56 Å². The van der Waals surface area contributed by atoms with Crippen LogP contribution in [0.2, 0.25) is 0 Å². The third-order valence-electron chi connectivity index (χ3n) is 5.38. The number of hydrogen-bond donors (Lipinski definition) is 2. The van der Waals surface area contributed by atoms with Crippen LogP contribution in [0, 0.1) is 0 Å². The molecule has 0 saturated carbocycles. The molecular weight excluding hydrogens is 438 g/mol. The van der Waals surface area contributed by atoms with E-state index < -0.39 is 21.3 Å². The monoisotopic (exact) mass is 463 g/mol. The second kappa shape index (κ2) is 8.04. The molecule has 4 aromatic rings. The van der Waals surface area contributed by atoms with Gasteiger partial charge in [-0.05, 0) is 63.2 Å². The van der Waals surface area contributed by atoms with Crippen molar-refractivity contribution in [1.82, 2.24) is 9.55 Å². The van der Waals surface area contributed by atoms with Gasteiger partial charge in [-0.25, -0.2) is 17.8 Å². The molecule has 0 spiro atoms. The topological polar surface area (TPSA) is 101 Å². The highest BCUT2D eigenvalue weighted by Crippen LogP contribution is 2.32. The van der Waals surface area contributed by atoms with Crippen LogP contribution in [0.15, 0.2) is 76.4 Å². The van der Waals surface area contributed by atoms with Gasteiger partial charge in [-0.2, -0.15) is 0 Å². The Morgan fingerprint density at radius 3 is 2.21 bits per heavy atom. The van der Waals surface area contributed by atoms with Crippen molar-refractivity contribution in [2.24, 2.45) is 0 Å². The lowest BCUT2D eigenvalue weighted by molar-refractivity contribution is 0.589. The quantitative estimate of drug-likeness (QED) is 0.477. The number of aromatic nitrogens is 2. The molecule has 2 N–H and O–H groups in total. The largest absolute Gasteiger partial charge is 0.332 e. The minimum atomic E-state index is -3.36. The summed E-state index contributed by atoms with van der Waals surface area (Å²) in [7, 11) is -3.36. The molecule has 4 rings (SSSR count). The van der Waals surface area contributed by atoms with Crippen molar-refractivity contribution in [3.05, 3.63) is 93.3 Å². The molecule has 0 atom stereocenters. The Balaban J connectivity index is 1.88. The first-order chi connectivity index (χ1) is 15.4. The van der Waals surface area contributed by atoms with E-state index in [0.29, 0.717) is 11.4 Å². The predicted octanol–water partition coefficient (Wildman–Crippen LogP) is 4.02. The van der Waals surface area contributed by atoms with Crippen LogP contribution in [0.1, 0.15) is 26.3 Å². The minimum Gasteiger partial charge on any atom is -0.314 e. The second-order valence-electron chi connectivity index (χ2n) is 9.13. The van der Waals surface area contributed by atoms with E-state index in [1.807, 2.05) is 36.4 Å². The highest BCUT2D eigenvalue weighted by atomic mass is 32.2. The molecule has 0 radical (unpaired) electrons. The smallest absolute Gasteiger partial charge is 0.314 e. The predicted molar refractivity (Wildman–Crippen MR) is 133 cm³/mol. The normalized spacial score (nSPS) is 12.1. The summed E-state index contributed by atoms with van der Waals surface area (Å²) in [4.78, 5) is 27.4. The van der Waals surface area contributed by atoms with Crippen molar-refractivity contribution in [3.8, 4) is 16.8 Å². The molecule has 0 fully saturated rings. The molecule has 0 aliphatic heterocycles. The molecule has 170 valence electrons. The van der Waals surface area contributed by atoms with E-state index in [9.17, 15) is 18.0 Å². The maximum absolute atomic E-state index is 12.4. The second-order valence-corrected chi connectivity index (χ2v) is 10.9. The van der Waals surface area contributed by atoms with Crippen molar-refractivity contribution in [2.75, 3.05) is 11.0 Å². The number of H-pyrrole nitrogens is 1. The van der Waals surface area contributed by atoms with Crippen molar-refractivity contribution in [1.29, 1.82) is 0 Å². The molecule has 7 nitrogen and oxygen atoms in total. The zero-order valence-corrected chi connectivity index (χ0v) is 19.7. The zero-order chi connectivity index (χ0) is 24.0. The molecule has 8 heteroatoms. The molecular formula is C25H25N3O4S.